The molecule has 1 aromatic carbocycles. The summed E-state index contributed by atoms with van der Waals surface area (Å²) in [4.78, 5) is 14.5. The maximum absolute atomic E-state index is 12.5. The zero-order chi connectivity index (χ0) is 18.6. The molecule has 7 heteroatoms. The number of alkyl halides is 3. The quantitative estimate of drug-likeness (QED) is 0.775. The summed E-state index contributed by atoms with van der Waals surface area (Å²) in [6.07, 6.45) is 1.36. The van der Waals surface area contributed by atoms with Crippen LogP contribution in [0, 0.1) is 5.92 Å². The van der Waals surface area contributed by atoms with Gasteiger partial charge in [0.15, 0.2) is 0 Å². The van der Waals surface area contributed by atoms with E-state index >= 15 is 0 Å². The van der Waals surface area contributed by atoms with Crippen molar-refractivity contribution in [2.24, 2.45) is 5.92 Å². The highest BCUT2D eigenvalue weighted by atomic mass is 19.4. The lowest BCUT2D eigenvalue weighted by atomic mass is 10.0. The van der Waals surface area contributed by atoms with Gasteiger partial charge in [-0.1, -0.05) is 25.0 Å². The van der Waals surface area contributed by atoms with E-state index in [1.165, 1.54) is 12.1 Å². The maximum atomic E-state index is 12.5. The summed E-state index contributed by atoms with van der Waals surface area (Å²) < 4.78 is 46.3. The van der Waals surface area contributed by atoms with Crippen LogP contribution in [0.5, 0.6) is 5.75 Å². The van der Waals surface area contributed by atoms with E-state index in [2.05, 4.69) is 4.74 Å². The molecule has 3 rings (SSSR count). The molecule has 26 heavy (non-hydrogen) atoms. The summed E-state index contributed by atoms with van der Waals surface area (Å²) >= 11 is 0. The number of halogens is 3. The summed E-state index contributed by atoms with van der Waals surface area (Å²) in [6.45, 7) is 1.70. The van der Waals surface area contributed by atoms with Crippen LogP contribution in [0.3, 0.4) is 0 Å². The van der Waals surface area contributed by atoms with Crippen molar-refractivity contribution in [3.8, 4) is 5.75 Å². The van der Waals surface area contributed by atoms with Gasteiger partial charge in [0.2, 0.25) is 5.91 Å². The van der Waals surface area contributed by atoms with Crippen LogP contribution in [0.15, 0.2) is 24.3 Å². The van der Waals surface area contributed by atoms with E-state index in [0.29, 0.717) is 13.2 Å². The van der Waals surface area contributed by atoms with E-state index in [9.17, 15) is 18.0 Å². The highest BCUT2D eigenvalue weighted by Gasteiger charge is 2.32. The molecule has 0 spiro atoms. The molecule has 4 nitrogen and oxygen atoms in total. The predicted octanol–water partition coefficient (Wildman–Crippen LogP) is 4.28. The summed E-state index contributed by atoms with van der Waals surface area (Å²) in [5.74, 6) is 0.187. The number of carbonyl (C=O) groups is 1. The van der Waals surface area contributed by atoms with Crippen molar-refractivity contribution in [3.05, 3.63) is 29.8 Å². The lowest BCUT2D eigenvalue weighted by Crippen LogP contribution is -2.45. The topological polar surface area (TPSA) is 38.8 Å². The molecule has 1 aliphatic carbocycles. The van der Waals surface area contributed by atoms with Crippen molar-refractivity contribution >= 4 is 5.91 Å². The fraction of sp³-hybridized carbons (Fsp3) is 0.632. The molecule has 0 aromatic heterocycles. The Morgan fingerprint density at radius 2 is 1.77 bits per heavy atom. The molecule has 2 aliphatic rings. The smallest absolute Gasteiger partial charge is 0.406 e. The van der Waals surface area contributed by atoms with Crippen LogP contribution in [-0.2, 0) is 16.1 Å². The molecule has 1 heterocycles. The van der Waals surface area contributed by atoms with Crippen LogP contribution in [0.1, 0.15) is 44.1 Å². The average molecular weight is 371 g/mol. The van der Waals surface area contributed by atoms with Crippen LogP contribution in [0.4, 0.5) is 13.2 Å². The summed E-state index contributed by atoms with van der Waals surface area (Å²) in [6, 6.07) is 5.68. The van der Waals surface area contributed by atoms with Crippen LogP contribution in [-0.4, -0.2) is 36.4 Å². The van der Waals surface area contributed by atoms with Gasteiger partial charge in [0, 0.05) is 19.0 Å². The van der Waals surface area contributed by atoms with Crippen molar-refractivity contribution in [2.45, 2.75) is 57.6 Å². The van der Waals surface area contributed by atoms with Crippen LogP contribution >= 0.6 is 0 Å². The van der Waals surface area contributed by atoms with Crippen molar-refractivity contribution in [3.63, 3.8) is 0 Å². The largest absolute Gasteiger partial charge is 0.573 e. The van der Waals surface area contributed by atoms with Crippen LogP contribution in [0.2, 0.25) is 0 Å². The minimum atomic E-state index is -4.69. The number of piperidine rings is 1. The number of rotatable bonds is 5. The van der Waals surface area contributed by atoms with Gasteiger partial charge in [0.05, 0.1) is 12.7 Å². The first-order valence-electron chi connectivity index (χ1n) is 9.16. The Kier molecular flexibility index (Phi) is 6.06. The van der Waals surface area contributed by atoms with Gasteiger partial charge in [0.1, 0.15) is 5.75 Å². The van der Waals surface area contributed by atoms with Crippen molar-refractivity contribution in [1.29, 1.82) is 0 Å². The Hall–Kier alpha value is -1.76. The van der Waals surface area contributed by atoms with Gasteiger partial charge in [-0.05, 0) is 43.4 Å². The first kappa shape index (κ1) is 19.0. The SMILES string of the molecule is O=C(C1CCCC1)N1CCCC(OCc2ccc(OC(F)(F)F)cc2)C1. The number of likely N-dealkylation sites (tertiary alicyclic amines) is 1. The molecule has 2 fully saturated rings. The fourth-order valence-corrected chi connectivity index (χ4v) is 3.71. The van der Waals surface area contributed by atoms with Gasteiger partial charge in [-0.2, -0.15) is 0 Å². The van der Waals surface area contributed by atoms with Gasteiger partial charge in [-0.15, -0.1) is 13.2 Å². The van der Waals surface area contributed by atoms with E-state index in [-0.39, 0.29) is 23.7 Å². The second kappa shape index (κ2) is 8.29. The van der Waals surface area contributed by atoms with E-state index in [4.69, 9.17) is 4.74 Å². The van der Waals surface area contributed by atoms with Crippen molar-refractivity contribution in [2.75, 3.05) is 13.1 Å². The Labute approximate surface area is 151 Å². The molecular formula is C19H24F3NO3. The fourth-order valence-electron chi connectivity index (χ4n) is 3.71. The normalized spacial score (nSPS) is 21.8. The van der Waals surface area contributed by atoms with E-state index in [0.717, 1.165) is 50.6 Å². The summed E-state index contributed by atoms with van der Waals surface area (Å²) in [5, 5.41) is 0. The van der Waals surface area contributed by atoms with E-state index in [1.54, 1.807) is 12.1 Å². The molecular weight excluding hydrogens is 347 g/mol. The minimum Gasteiger partial charge on any atom is -0.406 e. The highest BCUT2D eigenvalue weighted by molar-refractivity contribution is 5.79. The molecule has 0 radical (unpaired) electrons. The third-order valence-electron chi connectivity index (χ3n) is 5.04. The summed E-state index contributed by atoms with van der Waals surface area (Å²) in [5.41, 5.74) is 0.777. The highest BCUT2D eigenvalue weighted by Crippen LogP contribution is 2.28. The number of hydrogen-bond acceptors (Lipinski definition) is 3. The number of benzene rings is 1. The Morgan fingerprint density at radius 3 is 2.42 bits per heavy atom. The molecule has 1 saturated carbocycles. The molecule has 0 bridgehead atoms. The molecule has 144 valence electrons. The third-order valence-corrected chi connectivity index (χ3v) is 5.04. The zero-order valence-electron chi connectivity index (χ0n) is 14.6. The van der Waals surface area contributed by atoms with Gasteiger partial charge in [-0.25, -0.2) is 0 Å². The summed E-state index contributed by atoms with van der Waals surface area (Å²) in [7, 11) is 0. The van der Waals surface area contributed by atoms with E-state index < -0.39 is 6.36 Å². The standard InChI is InChI=1S/C19H24F3NO3/c20-19(21,22)26-16-9-7-14(8-10-16)13-25-17-6-3-11-23(12-17)18(24)15-4-1-2-5-15/h7-10,15,17H,1-6,11-13H2. The molecule has 1 unspecified atom stereocenters. The second-order valence-corrected chi connectivity index (χ2v) is 7.03. The molecule has 1 atom stereocenters. The first-order valence-corrected chi connectivity index (χ1v) is 9.16. The molecule has 1 aliphatic heterocycles. The molecule has 1 saturated heterocycles. The maximum Gasteiger partial charge on any atom is 0.573 e. The van der Waals surface area contributed by atoms with Crippen molar-refractivity contribution in [1.82, 2.24) is 4.90 Å². The van der Waals surface area contributed by atoms with Gasteiger partial charge < -0.3 is 14.4 Å². The third kappa shape index (κ3) is 5.37. The minimum absolute atomic E-state index is 0.0276. The Bertz CT molecular complexity index is 597. The van der Waals surface area contributed by atoms with Crippen LogP contribution < -0.4 is 4.74 Å². The van der Waals surface area contributed by atoms with Gasteiger partial charge in [0.25, 0.3) is 0 Å². The molecule has 0 N–H and O–H groups in total. The molecule has 1 aromatic rings. The Balaban J connectivity index is 1.47. The number of ether oxygens (including phenoxy) is 2. The Morgan fingerprint density at radius 1 is 1.08 bits per heavy atom. The number of amides is 1. The van der Waals surface area contributed by atoms with Crippen molar-refractivity contribution < 1.29 is 27.4 Å². The number of nitrogens with zero attached hydrogens (tertiary/aromatic N) is 1. The average Bonchev–Trinajstić information content (AvgIpc) is 3.14. The predicted molar refractivity (Wildman–Crippen MR) is 89.5 cm³/mol. The van der Waals surface area contributed by atoms with Gasteiger partial charge >= 0.3 is 6.36 Å². The monoisotopic (exact) mass is 371 g/mol. The van der Waals surface area contributed by atoms with Crippen LogP contribution in [0.25, 0.3) is 0 Å². The first-order chi connectivity index (χ1) is 12.4. The zero-order valence-corrected chi connectivity index (χ0v) is 14.6. The number of hydrogen-bond donors (Lipinski definition) is 0. The van der Waals surface area contributed by atoms with Gasteiger partial charge in [-0.3, -0.25) is 4.79 Å². The lowest BCUT2D eigenvalue weighted by molar-refractivity contribution is -0.274. The number of carbonyl (C=O) groups excluding carboxylic acids is 1. The molecule has 1 amide bonds. The lowest BCUT2D eigenvalue weighted by Gasteiger charge is -2.34. The second-order valence-electron chi connectivity index (χ2n) is 7.03. The van der Waals surface area contributed by atoms with E-state index in [1.807, 2.05) is 4.90 Å².